The zero-order valence-corrected chi connectivity index (χ0v) is 14.3. The average molecular weight is 364 g/mol. The third kappa shape index (κ3) is 3.05. The number of nitrogens with zero attached hydrogens (tertiary/aromatic N) is 2. The van der Waals surface area contributed by atoms with Gasteiger partial charge in [-0.1, -0.05) is 18.2 Å². The van der Waals surface area contributed by atoms with Gasteiger partial charge >= 0.3 is 6.18 Å². The molecule has 1 amide bonds. The summed E-state index contributed by atoms with van der Waals surface area (Å²) in [4.78, 5) is 18.7. The number of rotatable bonds is 2. The highest BCUT2D eigenvalue weighted by atomic mass is 19.4. The maximum Gasteiger partial charge on any atom is 0.411 e. The Morgan fingerprint density at radius 1 is 1.27 bits per heavy atom. The highest BCUT2D eigenvalue weighted by Gasteiger charge is 2.51. The molecule has 2 fully saturated rings. The highest BCUT2D eigenvalue weighted by Crippen LogP contribution is 2.40. The molecule has 0 bridgehead atoms. The van der Waals surface area contributed by atoms with Crippen LogP contribution in [0.15, 0.2) is 30.3 Å². The lowest BCUT2D eigenvalue weighted by Crippen LogP contribution is -2.59. The topological polar surface area (TPSA) is 42.4 Å². The molecule has 138 valence electrons. The van der Waals surface area contributed by atoms with Crippen molar-refractivity contribution in [2.24, 2.45) is 0 Å². The Balaban J connectivity index is 1.79. The van der Waals surface area contributed by atoms with E-state index in [9.17, 15) is 18.0 Å². The largest absolute Gasteiger partial charge is 0.411 e. The summed E-state index contributed by atoms with van der Waals surface area (Å²) in [6, 6.07) is 6.84. The fraction of sp³-hybridized carbons (Fsp3) is 0.474. The second-order valence-corrected chi connectivity index (χ2v) is 6.95. The third-order valence-corrected chi connectivity index (χ3v) is 5.05. The van der Waals surface area contributed by atoms with Crippen molar-refractivity contribution in [2.75, 3.05) is 13.2 Å². The summed E-state index contributed by atoms with van der Waals surface area (Å²) in [6.45, 7) is 1.37. The molecule has 4 rings (SSSR count). The van der Waals surface area contributed by atoms with E-state index >= 15 is 0 Å². The molecule has 2 aromatic rings. The van der Waals surface area contributed by atoms with Crippen LogP contribution in [0.5, 0.6) is 0 Å². The summed E-state index contributed by atoms with van der Waals surface area (Å²) >= 11 is 0. The van der Waals surface area contributed by atoms with E-state index in [4.69, 9.17) is 4.74 Å². The predicted octanol–water partition coefficient (Wildman–Crippen LogP) is 3.90. The fourth-order valence-corrected chi connectivity index (χ4v) is 3.61. The van der Waals surface area contributed by atoms with Gasteiger partial charge in [-0.05, 0) is 31.9 Å². The maximum absolute atomic E-state index is 13.6. The number of fused-ring (bicyclic) bond motifs is 1. The Hall–Kier alpha value is -2.15. The first-order valence-corrected chi connectivity index (χ1v) is 8.75. The van der Waals surface area contributed by atoms with Crippen LogP contribution in [0.2, 0.25) is 0 Å². The summed E-state index contributed by atoms with van der Waals surface area (Å²) in [6.07, 6.45) is -3.64. The van der Waals surface area contributed by atoms with Gasteiger partial charge in [-0.15, -0.1) is 0 Å². The number of pyridine rings is 1. The monoisotopic (exact) mass is 364 g/mol. The molecule has 1 aromatic carbocycles. The number of para-hydroxylation sites is 1. The van der Waals surface area contributed by atoms with Crippen molar-refractivity contribution in [3.05, 3.63) is 41.6 Å². The lowest BCUT2D eigenvalue weighted by Gasteiger charge is -2.40. The number of alkyl halides is 3. The quantitative estimate of drug-likeness (QED) is 0.812. The predicted molar refractivity (Wildman–Crippen MR) is 90.0 cm³/mol. The zero-order valence-electron chi connectivity index (χ0n) is 14.3. The fourth-order valence-electron chi connectivity index (χ4n) is 3.61. The highest BCUT2D eigenvalue weighted by molar-refractivity contribution is 6.06. The molecule has 1 saturated carbocycles. The number of halogens is 3. The lowest BCUT2D eigenvalue weighted by molar-refractivity contribution is -0.220. The number of morpholine rings is 1. The average Bonchev–Trinajstić information content (AvgIpc) is 3.44. The molecule has 0 radical (unpaired) electrons. The van der Waals surface area contributed by atoms with Gasteiger partial charge in [0.1, 0.15) is 0 Å². The van der Waals surface area contributed by atoms with Crippen LogP contribution >= 0.6 is 0 Å². The van der Waals surface area contributed by atoms with Gasteiger partial charge in [0, 0.05) is 23.5 Å². The van der Waals surface area contributed by atoms with E-state index in [0.29, 0.717) is 22.4 Å². The first-order chi connectivity index (χ1) is 12.4. The molecule has 7 heteroatoms. The molecule has 0 unspecified atom stereocenters. The van der Waals surface area contributed by atoms with Crippen LogP contribution in [0.4, 0.5) is 13.2 Å². The van der Waals surface area contributed by atoms with Crippen LogP contribution in [-0.4, -0.2) is 47.3 Å². The van der Waals surface area contributed by atoms with Gasteiger partial charge in [0.2, 0.25) is 0 Å². The molecule has 26 heavy (non-hydrogen) atoms. The van der Waals surface area contributed by atoms with Crippen molar-refractivity contribution < 1.29 is 22.7 Å². The van der Waals surface area contributed by atoms with Crippen molar-refractivity contribution in [1.82, 2.24) is 9.88 Å². The smallest absolute Gasteiger partial charge is 0.374 e. The molecule has 1 saturated heterocycles. The standard InChI is InChI=1S/C19H19F3N2O2/c1-11-17(19(20,21)22)24(8-9-26-11)18(25)14-10-16(12-6-7-12)23-15-5-3-2-4-13(14)15/h2-5,10-12,17H,6-9H2,1H3/t11-,17-/m0/s1. The summed E-state index contributed by atoms with van der Waals surface area (Å²) < 4.78 is 45.9. The van der Waals surface area contributed by atoms with E-state index in [1.54, 1.807) is 24.3 Å². The summed E-state index contributed by atoms with van der Waals surface area (Å²) in [5.74, 6) is -0.309. The third-order valence-electron chi connectivity index (χ3n) is 5.05. The van der Waals surface area contributed by atoms with E-state index in [1.165, 1.54) is 6.92 Å². The van der Waals surface area contributed by atoms with Crippen molar-refractivity contribution in [3.63, 3.8) is 0 Å². The maximum atomic E-state index is 13.6. The SMILES string of the molecule is C[C@@H]1OCCN(C(=O)c2cc(C3CC3)nc3ccccc23)[C@@H]1C(F)(F)F. The van der Waals surface area contributed by atoms with Crippen LogP contribution in [0.1, 0.15) is 41.7 Å². The molecule has 2 aliphatic rings. The summed E-state index contributed by atoms with van der Waals surface area (Å²) in [7, 11) is 0. The van der Waals surface area contributed by atoms with E-state index in [1.807, 2.05) is 6.07 Å². The first kappa shape index (κ1) is 17.3. The number of carbonyl (C=O) groups excluding carboxylic acids is 1. The Morgan fingerprint density at radius 3 is 2.69 bits per heavy atom. The van der Waals surface area contributed by atoms with E-state index in [2.05, 4.69) is 4.98 Å². The molecular formula is C19H19F3N2O2. The first-order valence-electron chi connectivity index (χ1n) is 8.75. The second-order valence-electron chi connectivity index (χ2n) is 6.95. The van der Waals surface area contributed by atoms with Crippen molar-refractivity contribution in [3.8, 4) is 0 Å². The number of aromatic nitrogens is 1. The molecule has 1 aliphatic heterocycles. The minimum absolute atomic E-state index is 0.0806. The lowest BCUT2D eigenvalue weighted by atomic mass is 10.0. The van der Waals surface area contributed by atoms with Crippen LogP contribution < -0.4 is 0 Å². The molecule has 1 aliphatic carbocycles. The number of ether oxygens (including phenoxy) is 1. The van der Waals surface area contributed by atoms with E-state index < -0.39 is 24.2 Å². The normalized spacial score (nSPS) is 24.1. The minimum atomic E-state index is -4.54. The van der Waals surface area contributed by atoms with Crippen molar-refractivity contribution in [1.29, 1.82) is 0 Å². The van der Waals surface area contributed by atoms with Crippen LogP contribution in [-0.2, 0) is 4.74 Å². The van der Waals surface area contributed by atoms with Crippen LogP contribution in [0, 0.1) is 0 Å². The Kier molecular flexibility index (Phi) is 4.14. The molecule has 1 aromatic heterocycles. The van der Waals surface area contributed by atoms with E-state index in [-0.39, 0.29) is 13.2 Å². The molecule has 2 heterocycles. The van der Waals surface area contributed by atoms with Gasteiger partial charge in [-0.3, -0.25) is 9.78 Å². The number of hydrogen-bond acceptors (Lipinski definition) is 3. The van der Waals surface area contributed by atoms with E-state index in [0.717, 1.165) is 23.4 Å². The summed E-state index contributed by atoms with van der Waals surface area (Å²) in [5, 5.41) is 0.585. The molecule has 2 atom stereocenters. The van der Waals surface area contributed by atoms with Crippen molar-refractivity contribution in [2.45, 2.75) is 44.0 Å². The van der Waals surface area contributed by atoms with Gasteiger partial charge in [-0.25, -0.2) is 0 Å². The number of amides is 1. The number of benzene rings is 1. The van der Waals surface area contributed by atoms with Gasteiger partial charge in [0.15, 0.2) is 6.04 Å². The number of carbonyl (C=O) groups is 1. The van der Waals surface area contributed by atoms with Crippen LogP contribution in [0.3, 0.4) is 0 Å². The molecule has 0 N–H and O–H groups in total. The van der Waals surface area contributed by atoms with Gasteiger partial charge in [0.05, 0.1) is 23.8 Å². The van der Waals surface area contributed by atoms with Crippen molar-refractivity contribution >= 4 is 16.8 Å². The Labute approximate surface area is 149 Å². The Bertz CT molecular complexity index is 848. The van der Waals surface area contributed by atoms with Gasteiger partial charge in [0.25, 0.3) is 5.91 Å². The molecular weight excluding hydrogens is 345 g/mol. The Morgan fingerprint density at radius 2 is 2.00 bits per heavy atom. The van der Waals surface area contributed by atoms with Gasteiger partial charge < -0.3 is 9.64 Å². The van der Waals surface area contributed by atoms with Gasteiger partial charge in [-0.2, -0.15) is 13.2 Å². The molecule has 0 spiro atoms. The van der Waals surface area contributed by atoms with Crippen LogP contribution in [0.25, 0.3) is 10.9 Å². The molecule has 4 nitrogen and oxygen atoms in total. The minimum Gasteiger partial charge on any atom is -0.374 e. The summed E-state index contributed by atoms with van der Waals surface area (Å²) in [5.41, 5.74) is 1.72. The number of hydrogen-bond donors (Lipinski definition) is 0. The second kappa shape index (κ2) is 6.23. The zero-order chi connectivity index (χ0) is 18.5.